The molecule has 1 aliphatic carbocycles. The van der Waals surface area contributed by atoms with Gasteiger partial charge in [0.25, 0.3) is 5.78 Å². The number of fused-ring (bicyclic) bond motifs is 1. The van der Waals surface area contributed by atoms with Gasteiger partial charge in [0.05, 0.1) is 48.2 Å². The molecule has 0 aromatic heterocycles. The minimum absolute atomic E-state index is 0.0991. The molecule has 18 nitrogen and oxygen atoms in total. The fraction of sp³-hybridized carbons (Fsp3) is 0.593. The van der Waals surface area contributed by atoms with Crippen LogP contribution in [0.3, 0.4) is 0 Å². The van der Waals surface area contributed by atoms with E-state index in [0.717, 1.165) is 49.3 Å². The number of para-hydroxylation sites is 1. The van der Waals surface area contributed by atoms with Gasteiger partial charge in [-0.2, -0.15) is 0 Å². The number of esters is 1. The second kappa shape index (κ2) is 24.3. The van der Waals surface area contributed by atoms with Crippen LogP contribution in [0.4, 0.5) is 5.69 Å². The minimum atomic E-state index is -1.75. The molecule has 1 aromatic carbocycles. The van der Waals surface area contributed by atoms with Crippen molar-refractivity contribution in [3.05, 3.63) is 101 Å². The smallest absolute Gasteiger partial charge is 0.315 e. The third-order valence-corrected chi connectivity index (χ3v) is 16.8. The van der Waals surface area contributed by atoms with Gasteiger partial charge in [-0.15, -0.1) is 0 Å². The van der Waals surface area contributed by atoms with Crippen molar-refractivity contribution in [2.75, 3.05) is 51.4 Å². The number of aliphatic imine (C=N–C) groups is 1. The number of nitrogens with zero attached hydrogens (tertiary/aromatic N) is 4. The van der Waals surface area contributed by atoms with Gasteiger partial charge >= 0.3 is 11.8 Å². The molecule has 0 saturated carbocycles. The number of nitrogens with two attached hydrogens (primary N) is 1. The first-order chi connectivity index (χ1) is 36.4. The molecule has 7 rings (SSSR count). The molecule has 0 unspecified atom stereocenters. The number of piperidine rings is 2. The Bertz CT molecular complexity index is 2590. The first kappa shape index (κ1) is 58.6. The van der Waals surface area contributed by atoms with Crippen LogP contribution in [0.15, 0.2) is 106 Å². The third-order valence-electron chi connectivity index (χ3n) is 16.8. The molecule has 1 aromatic rings. The van der Waals surface area contributed by atoms with Crippen LogP contribution in [0, 0.1) is 29.6 Å². The monoisotopic (exact) mass is 1070 g/mol. The van der Waals surface area contributed by atoms with Crippen LogP contribution < -0.4 is 21.3 Å². The number of nitrogens with one attached hydrogen (secondary N) is 2. The Morgan fingerprint density at radius 2 is 1.61 bits per heavy atom. The van der Waals surface area contributed by atoms with E-state index in [9.17, 15) is 34.2 Å². The Kier molecular flexibility index (Phi) is 18.5. The van der Waals surface area contributed by atoms with Gasteiger partial charge in [-0.1, -0.05) is 84.5 Å². The Balaban J connectivity index is 1.07. The number of ether oxygens (including phenoxy) is 4. The maximum Gasteiger partial charge on any atom is 0.315 e. The second-order valence-corrected chi connectivity index (χ2v) is 22.8. The van der Waals surface area contributed by atoms with E-state index in [1.807, 2.05) is 42.2 Å². The standard InChI is InChI=1S/C59H83N7O11/c1-35(2)33-64-27-25-59(26-28-64)62-42(9)49(63-59)44-21-20-37(4)52-48(44)54(71)57(10,77-52)75-31-22-45(74-11)39(6)53(41(8)51(70)40(7)50(69)36(3)16-15-17-38(5)55(60)72)76-47(68)32-46(67)65-29-23-58(24-30-65)56(73)61-34-66(58)43-18-13-12-14-19-43/h12-19,22,31,35-36,39-41,45,50-51,53,62,69-70H,9,20-21,23-30,32-34H2,1-8,10-11H3,(H2,60,72)(H,61,73)/b16-15+,31-22+,38-17-/t36-,39+,40+,41+,45-,50-,51+,53+,57-/m0/s1. The summed E-state index contributed by atoms with van der Waals surface area (Å²) in [7, 11) is 1.47. The summed E-state index contributed by atoms with van der Waals surface area (Å²) in [6, 6.07) is 9.64. The number of hydrogen-bond donors (Lipinski definition) is 5. The summed E-state index contributed by atoms with van der Waals surface area (Å²) in [6.07, 6.45) is 6.60. The van der Waals surface area contributed by atoms with Crippen LogP contribution in [0.1, 0.15) is 107 Å². The number of anilines is 1. The fourth-order valence-electron chi connectivity index (χ4n) is 11.9. The van der Waals surface area contributed by atoms with Crippen molar-refractivity contribution < 1.29 is 53.1 Å². The van der Waals surface area contributed by atoms with Crippen molar-refractivity contribution in [1.29, 1.82) is 0 Å². The van der Waals surface area contributed by atoms with Gasteiger partial charge in [0, 0.05) is 94.5 Å². The first-order valence-electron chi connectivity index (χ1n) is 27.4. The summed E-state index contributed by atoms with van der Waals surface area (Å²) in [6.45, 7) is 24.5. The maximum atomic E-state index is 14.6. The molecule has 2 spiro atoms. The number of hydrogen-bond acceptors (Lipinski definition) is 15. The summed E-state index contributed by atoms with van der Waals surface area (Å²) in [5.74, 6) is -5.79. The Labute approximate surface area is 454 Å². The number of Topliss-reactive ketones (excluding diaryl/α,β-unsaturated/α-hetero) is 1. The third kappa shape index (κ3) is 12.6. The van der Waals surface area contributed by atoms with E-state index in [1.54, 1.807) is 70.7 Å². The number of allylic oxidation sites excluding steroid dienone is 5. The van der Waals surface area contributed by atoms with E-state index in [2.05, 4.69) is 36.0 Å². The summed E-state index contributed by atoms with van der Waals surface area (Å²) in [5.41, 5.74) is 8.82. The van der Waals surface area contributed by atoms with Crippen LogP contribution >= 0.6 is 0 Å². The second-order valence-electron chi connectivity index (χ2n) is 22.8. The zero-order chi connectivity index (χ0) is 56.1. The average molecular weight is 1070 g/mol. The molecule has 77 heavy (non-hydrogen) atoms. The van der Waals surface area contributed by atoms with Crippen molar-refractivity contribution >= 4 is 40.9 Å². The molecule has 5 heterocycles. The molecule has 3 amide bonds. The largest absolute Gasteiger partial charge is 0.461 e. The molecule has 18 heteroatoms. The van der Waals surface area contributed by atoms with Gasteiger partial charge in [0.2, 0.25) is 17.7 Å². The van der Waals surface area contributed by atoms with Gasteiger partial charge in [-0.3, -0.25) is 29.0 Å². The Morgan fingerprint density at radius 1 is 0.935 bits per heavy atom. The van der Waals surface area contributed by atoms with Crippen LogP contribution in [-0.2, 0) is 42.9 Å². The zero-order valence-electron chi connectivity index (χ0n) is 46.8. The van der Waals surface area contributed by atoms with E-state index < -0.39 is 89.3 Å². The normalized spacial score (nSPS) is 24.9. The highest BCUT2D eigenvalue weighted by atomic mass is 16.7. The van der Waals surface area contributed by atoms with E-state index in [-0.39, 0.29) is 24.8 Å². The van der Waals surface area contributed by atoms with Gasteiger partial charge < -0.3 is 60.2 Å². The van der Waals surface area contributed by atoms with Crippen LogP contribution in [0.25, 0.3) is 0 Å². The molecule has 0 bridgehead atoms. The highest BCUT2D eigenvalue weighted by Crippen LogP contribution is 2.46. The number of carbonyl (C=O) groups is 5. The number of rotatable bonds is 21. The van der Waals surface area contributed by atoms with Gasteiger partial charge in [0.1, 0.15) is 29.5 Å². The molecule has 0 radical (unpaired) electrons. The number of methoxy groups -OCH3 is 1. The Morgan fingerprint density at radius 3 is 2.25 bits per heavy atom. The molecular weight excluding hydrogens is 983 g/mol. The maximum absolute atomic E-state index is 14.6. The molecule has 5 aliphatic heterocycles. The number of aliphatic hydroxyl groups is 2. The number of likely N-dealkylation sites (tertiary alicyclic amines) is 2. The van der Waals surface area contributed by atoms with E-state index >= 15 is 0 Å². The predicted octanol–water partition coefficient (Wildman–Crippen LogP) is 5.73. The molecule has 9 atom stereocenters. The number of aliphatic hydroxyl groups excluding tert-OH is 2. The lowest BCUT2D eigenvalue weighted by Crippen LogP contribution is -2.57. The van der Waals surface area contributed by atoms with E-state index in [4.69, 9.17) is 29.7 Å². The lowest BCUT2D eigenvalue weighted by atomic mass is 9.78. The summed E-state index contributed by atoms with van der Waals surface area (Å²) >= 11 is 0. The quantitative estimate of drug-likeness (QED) is 0.0326. The fourth-order valence-corrected chi connectivity index (χ4v) is 11.9. The van der Waals surface area contributed by atoms with E-state index in [0.29, 0.717) is 66.6 Å². The van der Waals surface area contributed by atoms with Crippen LogP contribution in [0.2, 0.25) is 0 Å². The highest BCUT2D eigenvalue weighted by Gasteiger charge is 2.54. The number of benzene rings is 1. The average Bonchev–Trinajstić information content (AvgIpc) is 4.08. The van der Waals surface area contributed by atoms with Crippen LogP contribution in [0.5, 0.6) is 0 Å². The lowest BCUT2D eigenvalue weighted by Gasteiger charge is -2.43. The van der Waals surface area contributed by atoms with Crippen molar-refractivity contribution in [2.45, 2.75) is 149 Å². The van der Waals surface area contributed by atoms with E-state index in [1.165, 1.54) is 13.4 Å². The minimum Gasteiger partial charge on any atom is -0.461 e. The lowest BCUT2D eigenvalue weighted by molar-refractivity contribution is -0.169. The summed E-state index contributed by atoms with van der Waals surface area (Å²) in [4.78, 5) is 78.7. The predicted molar refractivity (Wildman–Crippen MR) is 293 cm³/mol. The molecule has 4 saturated heterocycles. The van der Waals surface area contributed by atoms with Crippen molar-refractivity contribution in [1.82, 2.24) is 20.4 Å². The zero-order valence-corrected chi connectivity index (χ0v) is 46.8. The highest BCUT2D eigenvalue weighted by molar-refractivity contribution is 6.20. The summed E-state index contributed by atoms with van der Waals surface area (Å²) < 4.78 is 24.9. The Hall–Kier alpha value is -6.08. The number of amides is 3. The molecule has 420 valence electrons. The molecule has 6 N–H and O–H groups in total. The van der Waals surface area contributed by atoms with Crippen molar-refractivity contribution in [2.24, 2.45) is 40.3 Å². The van der Waals surface area contributed by atoms with Gasteiger partial charge in [0.15, 0.2) is 0 Å². The van der Waals surface area contributed by atoms with Crippen molar-refractivity contribution in [3.63, 3.8) is 0 Å². The van der Waals surface area contributed by atoms with Crippen molar-refractivity contribution in [3.8, 4) is 0 Å². The number of carbonyl (C=O) groups excluding carboxylic acids is 5. The number of primary amides is 1. The molecular formula is C59H83N7O11. The molecule has 6 aliphatic rings. The summed E-state index contributed by atoms with van der Waals surface area (Å²) in [5, 5.41) is 30.1. The number of ketones is 1. The topological polar surface area (TPSA) is 235 Å². The van der Waals surface area contributed by atoms with Gasteiger partial charge in [-0.25, -0.2) is 0 Å². The SMILES string of the molecule is C=C1NC2(CCN(CC(C)C)CC2)N=C1C1=C2C(=O)[C@@](C)(O/C=C/[C@H](OC)[C@@H](C)[C@@H](OC(=O)CC(=O)N3CCC4(CC3)C(=O)NCN4c3ccccc3)[C@H](C)[C@H](O)[C@H](C)[C@@H](O)[C@@H](C)/C=C/C=C(/C)C(N)=O)OC2=C(C)CC1. The van der Waals surface area contributed by atoms with Gasteiger partial charge in [-0.05, 0) is 74.8 Å². The molecule has 4 fully saturated rings. The first-order valence-corrected chi connectivity index (χ1v) is 27.4. The van der Waals surface area contributed by atoms with Crippen LogP contribution in [-0.4, -0.2) is 143 Å².